The summed E-state index contributed by atoms with van der Waals surface area (Å²) in [5.74, 6) is 0.0763. The van der Waals surface area contributed by atoms with Gasteiger partial charge in [-0.3, -0.25) is 4.79 Å². The number of hydrogen-bond acceptors (Lipinski definition) is 4. The molecule has 0 aliphatic carbocycles. The molecule has 1 aromatic heterocycles. The second-order valence-electron chi connectivity index (χ2n) is 3.76. The highest BCUT2D eigenvalue weighted by Gasteiger charge is 2.21. The monoisotopic (exact) mass is 209 g/mol. The molecule has 6 nitrogen and oxygen atoms in total. The van der Waals surface area contributed by atoms with Gasteiger partial charge in [0.1, 0.15) is 0 Å². The van der Waals surface area contributed by atoms with Gasteiger partial charge in [-0.2, -0.15) is 5.21 Å². The number of carbonyl (C=O) groups excluding carboxylic acids is 1. The smallest absolute Gasteiger partial charge is 0.278 e. The quantitative estimate of drug-likeness (QED) is 0.701. The lowest BCUT2D eigenvalue weighted by atomic mass is 10.2. The molecule has 1 amide bonds. The van der Waals surface area contributed by atoms with Crippen LogP contribution >= 0.6 is 0 Å². The fraction of sp³-hybridized carbons (Fsp3) is 0.667. The molecule has 2 rings (SSSR count). The molecule has 3 N–H and O–H groups in total. The molecule has 1 aromatic rings. The zero-order chi connectivity index (χ0) is 10.7. The molecule has 15 heavy (non-hydrogen) atoms. The van der Waals surface area contributed by atoms with Crippen LogP contribution in [0.4, 0.5) is 5.82 Å². The van der Waals surface area contributed by atoms with Crippen molar-refractivity contribution >= 4 is 11.7 Å². The molecule has 2 heterocycles. The van der Waals surface area contributed by atoms with E-state index >= 15 is 0 Å². The fourth-order valence-corrected chi connectivity index (χ4v) is 1.82. The minimum Gasteiger partial charge on any atom is -0.380 e. The molecule has 1 aliphatic rings. The lowest BCUT2D eigenvalue weighted by Gasteiger charge is -2.18. The molecule has 1 aliphatic heterocycles. The van der Waals surface area contributed by atoms with E-state index in [1.165, 1.54) is 12.8 Å². The van der Waals surface area contributed by atoms with Crippen LogP contribution < -0.4 is 5.73 Å². The number of rotatable bonds is 1. The Kier molecular flexibility index (Phi) is 2.84. The second kappa shape index (κ2) is 4.29. The number of aromatic nitrogens is 3. The molecule has 0 saturated carbocycles. The van der Waals surface area contributed by atoms with Crippen molar-refractivity contribution in [3.8, 4) is 0 Å². The van der Waals surface area contributed by atoms with Crippen LogP contribution in [0.15, 0.2) is 0 Å². The van der Waals surface area contributed by atoms with Crippen molar-refractivity contribution in [1.29, 1.82) is 0 Å². The highest BCUT2D eigenvalue weighted by molar-refractivity contribution is 5.96. The van der Waals surface area contributed by atoms with Crippen LogP contribution in [0.2, 0.25) is 0 Å². The maximum absolute atomic E-state index is 12.0. The minimum absolute atomic E-state index is 0.108. The molecule has 0 unspecified atom stereocenters. The van der Waals surface area contributed by atoms with Crippen LogP contribution in [0, 0.1) is 0 Å². The average Bonchev–Trinajstić information content (AvgIpc) is 2.53. The van der Waals surface area contributed by atoms with E-state index in [1.807, 2.05) is 0 Å². The number of nitrogen functional groups attached to an aromatic ring is 1. The summed E-state index contributed by atoms with van der Waals surface area (Å²) in [4.78, 5) is 13.8. The highest BCUT2D eigenvalue weighted by Crippen LogP contribution is 2.13. The number of nitrogens with one attached hydrogen (secondary N) is 1. The van der Waals surface area contributed by atoms with E-state index in [-0.39, 0.29) is 17.4 Å². The lowest BCUT2D eigenvalue weighted by Crippen LogP contribution is -2.32. The van der Waals surface area contributed by atoms with Gasteiger partial charge in [0.05, 0.1) is 0 Å². The Morgan fingerprint density at radius 3 is 2.40 bits per heavy atom. The SMILES string of the molecule is Nc1n[nH]nc1C(=O)N1CCCCCC1. The van der Waals surface area contributed by atoms with Crippen molar-refractivity contribution in [3.05, 3.63) is 5.69 Å². The van der Waals surface area contributed by atoms with E-state index in [0.717, 1.165) is 25.9 Å². The van der Waals surface area contributed by atoms with E-state index in [0.29, 0.717) is 0 Å². The van der Waals surface area contributed by atoms with Gasteiger partial charge in [0.2, 0.25) is 0 Å². The second-order valence-corrected chi connectivity index (χ2v) is 3.76. The Bertz CT molecular complexity index is 340. The molecular formula is C9H15N5O. The molecule has 82 valence electrons. The third kappa shape index (κ3) is 2.08. The summed E-state index contributed by atoms with van der Waals surface area (Å²) in [5, 5.41) is 9.78. The standard InChI is InChI=1S/C9H15N5O/c10-8-7(11-13-12-8)9(15)14-5-3-1-2-4-6-14/h1-6H2,(H3,10,11,12,13). The zero-order valence-electron chi connectivity index (χ0n) is 8.57. The van der Waals surface area contributed by atoms with Crippen molar-refractivity contribution in [2.75, 3.05) is 18.8 Å². The summed E-state index contributed by atoms with van der Waals surface area (Å²) in [6, 6.07) is 0. The fourth-order valence-electron chi connectivity index (χ4n) is 1.82. The first-order chi connectivity index (χ1) is 7.29. The first kappa shape index (κ1) is 9.95. The minimum atomic E-state index is -0.108. The van der Waals surface area contributed by atoms with Crippen LogP contribution in [-0.2, 0) is 0 Å². The molecule has 1 saturated heterocycles. The number of H-pyrrole nitrogens is 1. The lowest BCUT2D eigenvalue weighted by molar-refractivity contribution is 0.0757. The molecular weight excluding hydrogens is 194 g/mol. The third-order valence-electron chi connectivity index (χ3n) is 2.67. The zero-order valence-corrected chi connectivity index (χ0v) is 8.57. The number of likely N-dealkylation sites (tertiary alicyclic amines) is 1. The topological polar surface area (TPSA) is 87.9 Å². The molecule has 1 fully saturated rings. The number of aromatic amines is 1. The van der Waals surface area contributed by atoms with Crippen LogP contribution in [0.1, 0.15) is 36.2 Å². The van der Waals surface area contributed by atoms with Crippen molar-refractivity contribution < 1.29 is 4.79 Å². The molecule has 0 radical (unpaired) electrons. The number of hydrogen-bond donors (Lipinski definition) is 2. The molecule has 0 atom stereocenters. The van der Waals surface area contributed by atoms with Gasteiger partial charge in [-0.1, -0.05) is 12.8 Å². The summed E-state index contributed by atoms with van der Waals surface area (Å²) in [6.07, 6.45) is 4.50. The van der Waals surface area contributed by atoms with E-state index in [4.69, 9.17) is 5.73 Å². The summed E-state index contributed by atoms with van der Waals surface area (Å²) in [7, 11) is 0. The first-order valence-corrected chi connectivity index (χ1v) is 5.24. The Morgan fingerprint density at radius 2 is 1.87 bits per heavy atom. The molecule has 0 aromatic carbocycles. The number of amides is 1. The van der Waals surface area contributed by atoms with Crippen molar-refractivity contribution in [2.24, 2.45) is 0 Å². The summed E-state index contributed by atoms with van der Waals surface area (Å²) in [5.41, 5.74) is 5.78. The van der Waals surface area contributed by atoms with E-state index in [2.05, 4.69) is 15.4 Å². The van der Waals surface area contributed by atoms with Crippen molar-refractivity contribution in [2.45, 2.75) is 25.7 Å². The molecule has 6 heteroatoms. The van der Waals surface area contributed by atoms with Gasteiger partial charge >= 0.3 is 0 Å². The molecule has 0 spiro atoms. The normalized spacial score (nSPS) is 17.5. The average molecular weight is 209 g/mol. The number of anilines is 1. The van der Waals surface area contributed by atoms with Crippen molar-refractivity contribution in [3.63, 3.8) is 0 Å². The van der Waals surface area contributed by atoms with Gasteiger partial charge in [0, 0.05) is 13.1 Å². The van der Waals surface area contributed by atoms with Crippen LogP contribution in [0.25, 0.3) is 0 Å². The van der Waals surface area contributed by atoms with Crippen LogP contribution in [-0.4, -0.2) is 39.3 Å². The van der Waals surface area contributed by atoms with Gasteiger partial charge in [0.15, 0.2) is 11.5 Å². The predicted octanol–water partition coefficient (Wildman–Crippen LogP) is 0.403. The Morgan fingerprint density at radius 1 is 1.20 bits per heavy atom. The van der Waals surface area contributed by atoms with Crippen molar-refractivity contribution in [1.82, 2.24) is 20.3 Å². The van der Waals surface area contributed by atoms with Gasteiger partial charge in [-0.15, -0.1) is 10.2 Å². The van der Waals surface area contributed by atoms with Crippen LogP contribution in [0.5, 0.6) is 0 Å². The van der Waals surface area contributed by atoms with Gasteiger partial charge in [-0.05, 0) is 12.8 Å². The molecule has 0 bridgehead atoms. The van der Waals surface area contributed by atoms with Gasteiger partial charge < -0.3 is 10.6 Å². The summed E-state index contributed by atoms with van der Waals surface area (Å²) in [6.45, 7) is 1.59. The number of nitrogens with two attached hydrogens (primary N) is 1. The third-order valence-corrected chi connectivity index (χ3v) is 2.67. The number of carbonyl (C=O) groups is 1. The largest absolute Gasteiger partial charge is 0.380 e. The first-order valence-electron chi connectivity index (χ1n) is 5.24. The Labute approximate surface area is 87.8 Å². The van der Waals surface area contributed by atoms with E-state index < -0.39 is 0 Å². The number of nitrogens with zero attached hydrogens (tertiary/aromatic N) is 3. The summed E-state index contributed by atoms with van der Waals surface area (Å²) < 4.78 is 0. The predicted molar refractivity (Wildman–Crippen MR) is 55.2 cm³/mol. The maximum atomic E-state index is 12.0. The van der Waals surface area contributed by atoms with Crippen LogP contribution in [0.3, 0.4) is 0 Å². The summed E-state index contributed by atoms with van der Waals surface area (Å²) >= 11 is 0. The highest BCUT2D eigenvalue weighted by atomic mass is 16.2. The van der Waals surface area contributed by atoms with Gasteiger partial charge in [0.25, 0.3) is 5.91 Å². The van der Waals surface area contributed by atoms with Gasteiger partial charge in [-0.25, -0.2) is 0 Å². The van der Waals surface area contributed by atoms with E-state index in [1.54, 1.807) is 4.90 Å². The van der Waals surface area contributed by atoms with E-state index in [9.17, 15) is 4.79 Å². The Hall–Kier alpha value is -1.59. The Balaban J connectivity index is 2.09. The maximum Gasteiger partial charge on any atom is 0.278 e.